The quantitative estimate of drug-likeness (QED) is 0.300. The number of fused-ring (bicyclic) bond motifs is 5. The van der Waals surface area contributed by atoms with Crippen LogP contribution < -0.4 is 0 Å². The third kappa shape index (κ3) is 4.41. The summed E-state index contributed by atoms with van der Waals surface area (Å²) in [7, 11) is 0. The summed E-state index contributed by atoms with van der Waals surface area (Å²) < 4.78 is 11.8. The van der Waals surface area contributed by atoms with Crippen molar-refractivity contribution in [2.45, 2.75) is 89.2 Å². The van der Waals surface area contributed by atoms with Gasteiger partial charge in [-0.2, -0.15) is 0 Å². The maximum absolute atomic E-state index is 14.3. The SMILES string of the molecule is CCCCC(=O)O[C@]1(C(=O)COC(=O)c2ccccc2)C(C)C[C@H]2[C@@H]3CCC4=CC(=O)C=C[C@]4(C)[C@@]3(Cl)C(O)C[C@@]21C. The van der Waals surface area contributed by atoms with Crippen LogP contribution in [0.25, 0.3) is 0 Å². The Morgan fingerprint density at radius 2 is 1.83 bits per heavy atom. The van der Waals surface area contributed by atoms with Gasteiger partial charge in [0, 0.05) is 23.2 Å². The van der Waals surface area contributed by atoms with Gasteiger partial charge < -0.3 is 14.6 Å². The Morgan fingerprint density at radius 3 is 2.52 bits per heavy atom. The van der Waals surface area contributed by atoms with Gasteiger partial charge in [0.05, 0.1) is 16.5 Å². The molecule has 0 radical (unpaired) electrons. The maximum atomic E-state index is 14.3. The van der Waals surface area contributed by atoms with Gasteiger partial charge in [0.25, 0.3) is 0 Å². The van der Waals surface area contributed by atoms with E-state index in [9.17, 15) is 24.3 Å². The van der Waals surface area contributed by atoms with E-state index in [4.69, 9.17) is 21.1 Å². The number of halogens is 1. The van der Waals surface area contributed by atoms with Gasteiger partial charge in [-0.05, 0) is 68.2 Å². The van der Waals surface area contributed by atoms with Crippen molar-refractivity contribution in [3.8, 4) is 0 Å². The number of carbonyl (C=O) groups excluding carboxylic acids is 4. The number of rotatable bonds is 8. The molecule has 3 fully saturated rings. The minimum absolute atomic E-state index is 0.0838. The highest BCUT2D eigenvalue weighted by atomic mass is 35.5. The number of carbonyl (C=O) groups is 4. The number of benzene rings is 1. The van der Waals surface area contributed by atoms with Crippen molar-refractivity contribution in [3.63, 3.8) is 0 Å². The first kappa shape index (κ1) is 30.7. The predicted molar refractivity (Wildman–Crippen MR) is 158 cm³/mol. The second-order valence-electron chi connectivity index (χ2n) is 13.1. The summed E-state index contributed by atoms with van der Waals surface area (Å²) >= 11 is 7.57. The number of esters is 2. The number of aliphatic hydroxyl groups is 1. The third-order valence-electron chi connectivity index (χ3n) is 10.9. The number of unbranched alkanes of at least 4 members (excludes halogenated alkanes) is 1. The average molecular weight is 597 g/mol. The van der Waals surface area contributed by atoms with Crippen LogP contribution in [0.15, 0.2) is 54.1 Å². The van der Waals surface area contributed by atoms with Crippen molar-refractivity contribution in [1.29, 1.82) is 0 Å². The molecular weight excluding hydrogens is 556 g/mol. The second-order valence-corrected chi connectivity index (χ2v) is 13.7. The standard InChI is InChI=1S/C34H41ClO7/c1-5-6-12-29(39)42-34(28(38)20-41-30(40)22-10-8-7-9-11-22)21(2)17-26-25-14-13-23-18-24(36)15-16-31(23,3)33(25,35)27(37)19-32(26,34)4/h7-11,15-16,18,21,25-27,37H,5-6,12-14,17,19-20H2,1-4H3/t21?,25-,26-,27?,31-,32-,33-,34-/m0/s1. The second kappa shape index (κ2) is 11.1. The summed E-state index contributed by atoms with van der Waals surface area (Å²) in [5.74, 6) is -2.45. The van der Waals surface area contributed by atoms with E-state index in [1.165, 1.54) is 6.08 Å². The van der Waals surface area contributed by atoms with E-state index in [2.05, 4.69) is 0 Å². The van der Waals surface area contributed by atoms with E-state index in [0.29, 0.717) is 31.2 Å². The molecule has 0 aliphatic heterocycles. The van der Waals surface area contributed by atoms with Gasteiger partial charge in [0.2, 0.25) is 5.78 Å². The van der Waals surface area contributed by atoms with Gasteiger partial charge in [0.15, 0.2) is 18.0 Å². The molecule has 8 heteroatoms. The van der Waals surface area contributed by atoms with Crippen LogP contribution in [0.2, 0.25) is 0 Å². The van der Waals surface area contributed by atoms with Gasteiger partial charge in [0.1, 0.15) is 0 Å². The minimum Gasteiger partial charge on any atom is -0.454 e. The zero-order valence-corrected chi connectivity index (χ0v) is 25.6. The molecule has 8 atom stereocenters. The molecule has 2 unspecified atom stereocenters. The topological polar surface area (TPSA) is 107 Å². The fourth-order valence-corrected chi connectivity index (χ4v) is 9.37. The lowest BCUT2D eigenvalue weighted by Crippen LogP contribution is -2.69. The number of allylic oxidation sites excluding steroid dienone is 4. The Kier molecular flexibility index (Phi) is 8.08. The van der Waals surface area contributed by atoms with Gasteiger partial charge in [-0.15, -0.1) is 11.6 Å². The molecule has 3 saturated carbocycles. The molecule has 42 heavy (non-hydrogen) atoms. The van der Waals surface area contributed by atoms with Crippen LogP contribution in [0.3, 0.4) is 0 Å². The number of alkyl halides is 1. The summed E-state index contributed by atoms with van der Waals surface area (Å²) in [6, 6.07) is 8.43. The van der Waals surface area contributed by atoms with E-state index in [1.54, 1.807) is 36.4 Å². The Morgan fingerprint density at radius 1 is 1.12 bits per heavy atom. The zero-order valence-electron chi connectivity index (χ0n) is 24.9. The summed E-state index contributed by atoms with van der Waals surface area (Å²) in [5, 5.41) is 12.0. The molecule has 0 amide bonds. The summed E-state index contributed by atoms with van der Waals surface area (Å²) in [5.41, 5.74) is -2.07. The Labute approximate surface area is 252 Å². The van der Waals surface area contributed by atoms with E-state index in [-0.39, 0.29) is 30.5 Å². The number of hydrogen-bond donors (Lipinski definition) is 1. The molecule has 0 aromatic heterocycles. The van der Waals surface area contributed by atoms with Crippen LogP contribution >= 0.6 is 11.6 Å². The summed E-state index contributed by atoms with van der Waals surface area (Å²) in [6.07, 6.45) is 7.47. The van der Waals surface area contributed by atoms with Crippen molar-refractivity contribution < 1.29 is 33.8 Å². The average Bonchev–Trinajstić information content (AvgIpc) is 3.18. The Hall–Kier alpha value is -2.77. The molecule has 7 nitrogen and oxygen atoms in total. The van der Waals surface area contributed by atoms with Crippen LogP contribution in [0, 0.1) is 28.6 Å². The molecule has 226 valence electrons. The molecule has 0 saturated heterocycles. The number of hydrogen-bond acceptors (Lipinski definition) is 7. The largest absolute Gasteiger partial charge is 0.454 e. The van der Waals surface area contributed by atoms with Crippen LogP contribution in [-0.4, -0.2) is 51.8 Å². The van der Waals surface area contributed by atoms with Gasteiger partial charge in [-0.25, -0.2) is 4.79 Å². The lowest BCUT2D eigenvalue weighted by atomic mass is 9.45. The molecule has 0 bridgehead atoms. The third-order valence-corrected chi connectivity index (χ3v) is 11.9. The summed E-state index contributed by atoms with van der Waals surface area (Å²) in [6.45, 7) is 7.24. The number of ether oxygens (including phenoxy) is 2. The van der Waals surface area contributed by atoms with Crippen LogP contribution in [0.5, 0.6) is 0 Å². The molecule has 5 rings (SSSR count). The molecular formula is C34H41ClO7. The van der Waals surface area contributed by atoms with Crippen molar-refractivity contribution >= 4 is 35.1 Å². The van der Waals surface area contributed by atoms with Crippen molar-refractivity contribution in [1.82, 2.24) is 0 Å². The monoisotopic (exact) mass is 596 g/mol. The summed E-state index contributed by atoms with van der Waals surface area (Å²) in [4.78, 5) is 51.5. The zero-order chi connectivity index (χ0) is 30.5. The molecule has 0 heterocycles. The predicted octanol–water partition coefficient (Wildman–Crippen LogP) is 5.77. The smallest absolute Gasteiger partial charge is 0.338 e. The molecule has 1 aromatic rings. The van der Waals surface area contributed by atoms with E-state index in [1.807, 2.05) is 33.8 Å². The highest BCUT2D eigenvalue weighted by Gasteiger charge is 2.76. The van der Waals surface area contributed by atoms with Crippen LogP contribution in [-0.2, 0) is 23.9 Å². The maximum Gasteiger partial charge on any atom is 0.338 e. The highest BCUT2D eigenvalue weighted by Crippen LogP contribution is 2.72. The van der Waals surface area contributed by atoms with Crippen LogP contribution in [0.1, 0.15) is 83.0 Å². The Balaban J connectivity index is 1.53. The lowest BCUT2D eigenvalue weighted by molar-refractivity contribution is -0.203. The van der Waals surface area contributed by atoms with Gasteiger partial charge in [-0.1, -0.05) is 64.0 Å². The van der Waals surface area contributed by atoms with Crippen molar-refractivity contribution in [2.75, 3.05) is 6.61 Å². The van der Waals surface area contributed by atoms with E-state index in [0.717, 1.165) is 12.0 Å². The van der Waals surface area contributed by atoms with Gasteiger partial charge in [-0.3, -0.25) is 14.4 Å². The first-order chi connectivity index (χ1) is 19.8. The minimum atomic E-state index is -1.60. The number of aliphatic hydroxyl groups excluding tert-OH is 1. The fraction of sp³-hybridized carbons (Fsp3) is 0.588. The van der Waals surface area contributed by atoms with E-state index >= 15 is 0 Å². The van der Waals surface area contributed by atoms with Crippen molar-refractivity contribution in [2.24, 2.45) is 28.6 Å². The molecule has 4 aliphatic rings. The normalized spacial score (nSPS) is 38.5. The fourth-order valence-electron chi connectivity index (χ4n) is 8.85. The molecule has 1 N–H and O–H groups in total. The van der Waals surface area contributed by atoms with E-state index < -0.39 is 57.7 Å². The molecule has 0 spiro atoms. The number of Topliss-reactive ketones (excluding diaryl/α,β-unsaturated/α-hetero) is 1. The van der Waals surface area contributed by atoms with Crippen molar-refractivity contribution in [3.05, 3.63) is 59.7 Å². The van der Waals surface area contributed by atoms with Crippen LogP contribution in [0.4, 0.5) is 0 Å². The molecule has 1 aromatic carbocycles. The lowest BCUT2D eigenvalue weighted by Gasteiger charge is -2.64. The Bertz CT molecular complexity index is 1340. The first-order valence-electron chi connectivity index (χ1n) is 15.1. The number of ketones is 2. The molecule has 4 aliphatic carbocycles. The highest BCUT2D eigenvalue weighted by molar-refractivity contribution is 6.26. The first-order valence-corrected chi connectivity index (χ1v) is 15.5. The van der Waals surface area contributed by atoms with Gasteiger partial charge >= 0.3 is 11.9 Å².